The van der Waals surface area contributed by atoms with Crippen molar-refractivity contribution >= 4 is 16.5 Å². The van der Waals surface area contributed by atoms with Crippen LogP contribution in [-0.4, -0.2) is 34.4 Å². The summed E-state index contributed by atoms with van der Waals surface area (Å²) in [5.74, 6) is 0. The molecule has 0 radical (unpaired) electrons. The maximum Gasteiger partial charge on any atom is 0.209 e. The molecular formula is C20H22N4OS. The summed E-state index contributed by atoms with van der Waals surface area (Å²) in [6.07, 6.45) is 1.83. The number of hydrogen-bond donors (Lipinski definition) is 0. The molecule has 26 heavy (non-hydrogen) atoms. The van der Waals surface area contributed by atoms with E-state index < -0.39 is 0 Å². The second-order valence-corrected chi connectivity index (χ2v) is 7.74. The van der Waals surface area contributed by atoms with Gasteiger partial charge in [0.05, 0.1) is 19.2 Å². The molecule has 4 rings (SSSR count). The van der Waals surface area contributed by atoms with Crippen molar-refractivity contribution in [1.82, 2.24) is 15.2 Å². The molecule has 3 heterocycles. The Morgan fingerprint density at radius 2 is 2.04 bits per heavy atom. The SMILES string of the molecule is Cc1ccc(C)c([C@@H]2CN(c3nnc(-c4ccccn4)s3)[C@H](C)CO2)c1. The number of aryl methyl sites for hydroxylation is 2. The second-order valence-electron chi connectivity index (χ2n) is 6.79. The van der Waals surface area contributed by atoms with Crippen LogP contribution >= 0.6 is 11.3 Å². The van der Waals surface area contributed by atoms with E-state index in [0.717, 1.165) is 22.4 Å². The van der Waals surface area contributed by atoms with Gasteiger partial charge in [-0.05, 0) is 44.0 Å². The van der Waals surface area contributed by atoms with Crippen LogP contribution in [0.15, 0.2) is 42.6 Å². The minimum Gasteiger partial charge on any atom is -0.370 e. The van der Waals surface area contributed by atoms with Crippen LogP contribution in [0.25, 0.3) is 10.7 Å². The molecule has 0 aliphatic carbocycles. The van der Waals surface area contributed by atoms with Crippen LogP contribution < -0.4 is 4.90 Å². The highest BCUT2D eigenvalue weighted by molar-refractivity contribution is 7.18. The lowest BCUT2D eigenvalue weighted by Gasteiger charge is -2.38. The summed E-state index contributed by atoms with van der Waals surface area (Å²) in [7, 11) is 0. The number of pyridine rings is 1. The highest BCUT2D eigenvalue weighted by atomic mass is 32.1. The summed E-state index contributed by atoms with van der Waals surface area (Å²) in [4.78, 5) is 6.68. The Kier molecular flexibility index (Phi) is 4.70. The molecule has 134 valence electrons. The Bertz CT molecular complexity index is 896. The third-order valence-electron chi connectivity index (χ3n) is 4.76. The summed E-state index contributed by atoms with van der Waals surface area (Å²) in [5.41, 5.74) is 4.65. The van der Waals surface area contributed by atoms with Crippen LogP contribution in [0.4, 0.5) is 5.13 Å². The average molecular weight is 366 g/mol. The summed E-state index contributed by atoms with van der Waals surface area (Å²) >= 11 is 1.59. The zero-order valence-electron chi connectivity index (χ0n) is 15.2. The van der Waals surface area contributed by atoms with E-state index in [-0.39, 0.29) is 12.1 Å². The lowest BCUT2D eigenvalue weighted by atomic mass is 9.99. The quantitative estimate of drug-likeness (QED) is 0.696. The van der Waals surface area contributed by atoms with Crippen molar-refractivity contribution in [1.29, 1.82) is 0 Å². The van der Waals surface area contributed by atoms with Crippen molar-refractivity contribution in [3.8, 4) is 10.7 Å². The normalized spacial score (nSPS) is 20.3. The molecule has 1 aliphatic rings. The number of nitrogens with zero attached hydrogens (tertiary/aromatic N) is 4. The molecule has 1 aliphatic heterocycles. The van der Waals surface area contributed by atoms with Gasteiger partial charge in [-0.1, -0.05) is 41.2 Å². The van der Waals surface area contributed by atoms with E-state index >= 15 is 0 Å². The number of hydrogen-bond acceptors (Lipinski definition) is 6. The summed E-state index contributed by atoms with van der Waals surface area (Å²) in [6, 6.07) is 12.6. The van der Waals surface area contributed by atoms with Crippen molar-refractivity contribution in [3.05, 3.63) is 59.3 Å². The second kappa shape index (κ2) is 7.13. The fraction of sp³-hybridized carbons (Fsp3) is 0.350. The van der Waals surface area contributed by atoms with E-state index in [4.69, 9.17) is 4.74 Å². The molecule has 1 aromatic carbocycles. The zero-order chi connectivity index (χ0) is 18.1. The molecule has 5 nitrogen and oxygen atoms in total. The van der Waals surface area contributed by atoms with Gasteiger partial charge in [-0.15, -0.1) is 10.2 Å². The van der Waals surface area contributed by atoms with Crippen LogP contribution in [0, 0.1) is 13.8 Å². The van der Waals surface area contributed by atoms with Gasteiger partial charge < -0.3 is 9.64 Å². The average Bonchev–Trinajstić information content (AvgIpc) is 3.15. The zero-order valence-corrected chi connectivity index (χ0v) is 16.0. The highest BCUT2D eigenvalue weighted by Crippen LogP contribution is 2.34. The first-order valence-electron chi connectivity index (χ1n) is 8.82. The third-order valence-corrected chi connectivity index (χ3v) is 5.74. The molecule has 0 amide bonds. The number of rotatable bonds is 3. The van der Waals surface area contributed by atoms with Crippen LogP contribution in [0.1, 0.15) is 29.7 Å². The maximum atomic E-state index is 6.16. The van der Waals surface area contributed by atoms with Gasteiger partial charge in [0, 0.05) is 6.20 Å². The number of aromatic nitrogens is 3. The molecule has 6 heteroatoms. The van der Waals surface area contributed by atoms with Gasteiger partial charge in [-0.25, -0.2) is 0 Å². The topological polar surface area (TPSA) is 51.1 Å². The number of anilines is 1. The molecule has 0 spiro atoms. The summed E-state index contributed by atoms with van der Waals surface area (Å²) in [6.45, 7) is 7.89. The van der Waals surface area contributed by atoms with Gasteiger partial charge in [0.2, 0.25) is 5.13 Å². The minimum absolute atomic E-state index is 0.0494. The molecule has 2 atom stereocenters. The molecule has 0 unspecified atom stereocenters. The van der Waals surface area contributed by atoms with E-state index in [1.807, 2.05) is 18.2 Å². The Hall–Kier alpha value is -2.31. The van der Waals surface area contributed by atoms with Crippen molar-refractivity contribution in [2.24, 2.45) is 0 Å². The number of morpholine rings is 1. The van der Waals surface area contributed by atoms with Gasteiger partial charge in [0.25, 0.3) is 0 Å². The van der Waals surface area contributed by atoms with Crippen LogP contribution in [0.2, 0.25) is 0 Å². The van der Waals surface area contributed by atoms with Gasteiger partial charge in [-0.3, -0.25) is 4.98 Å². The largest absolute Gasteiger partial charge is 0.370 e. The molecule has 2 aromatic heterocycles. The lowest BCUT2D eigenvalue weighted by molar-refractivity contribution is 0.0211. The van der Waals surface area contributed by atoms with Gasteiger partial charge >= 0.3 is 0 Å². The first-order valence-corrected chi connectivity index (χ1v) is 9.64. The van der Waals surface area contributed by atoms with Crippen molar-refractivity contribution in [2.75, 3.05) is 18.1 Å². The Morgan fingerprint density at radius 1 is 1.15 bits per heavy atom. The van der Waals surface area contributed by atoms with Crippen molar-refractivity contribution < 1.29 is 4.74 Å². The molecule has 3 aromatic rings. The van der Waals surface area contributed by atoms with Crippen molar-refractivity contribution in [3.63, 3.8) is 0 Å². The maximum absolute atomic E-state index is 6.16. The Labute approximate surface area is 157 Å². The molecule has 1 fully saturated rings. The minimum atomic E-state index is 0.0494. The standard InChI is InChI=1S/C20H22N4OS/c1-13-7-8-14(2)16(10-13)18-11-24(15(3)12-25-18)20-23-22-19(26-20)17-6-4-5-9-21-17/h4-10,15,18H,11-12H2,1-3H3/t15-,18+/m1/s1. The van der Waals surface area contributed by atoms with E-state index in [1.54, 1.807) is 17.5 Å². The Morgan fingerprint density at radius 3 is 2.85 bits per heavy atom. The first-order chi connectivity index (χ1) is 12.6. The Balaban J connectivity index is 1.60. The lowest BCUT2D eigenvalue weighted by Crippen LogP contribution is -2.45. The van der Waals surface area contributed by atoms with E-state index in [2.05, 4.69) is 59.1 Å². The third kappa shape index (κ3) is 3.34. The van der Waals surface area contributed by atoms with E-state index in [1.165, 1.54) is 16.7 Å². The molecular weight excluding hydrogens is 344 g/mol. The highest BCUT2D eigenvalue weighted by Gasteiger charge is 2.30. The van der Waals surface area contributed by atoms with Gasteiger partial charge in [0.1, 0.15) is 11.8 Å². The fourth-order valence-electron chi connectivity index (χ4n) is 3.24. The molecule has 0 bridgehead atoms. The van der Waals surface area contributed by atoms with Gasteiger partial charge in [-0.2, -0.15) is 0 Å². The number of ether oxygens (including phenoxy) is 1. The number of benzene rings is 1. The first kappa shape index (κ1) is 17.1. The van der Waals surface area contributed by atoms with Crippen molar-refractivity contribution in [2.45, 2.75) is 32.9 Å². The summed E-state index contributed by atoms with van der Waals surface area (Å²) in [5, 5.41) is 10.6. The summed E-state index contributed by atoms with van der Waals surface area (Å²) < 4.78 is 6.16. The van der Waals surface area contributed by atoms with E-state index in [0.29, 0.717) is 6.61 Å². The van der Waals surface area contributed by atoms with Gasteiger partial charge in [0.15, 0.2) is 5.01 Å². The fourth-order valence-corrected chi connectivity index (χ4v) is 4.18. The molecule has 0 N–H and O–H groups in total. The van der Waals surface area contributed by atoms with Crippen LogP contribution in [0.3, 0.4) is 0 Å². The van der Waals surface area contributed by atoms with Crippen LogP contribution in [-0.2, 0) is 4.74 Å². The molecule has 0 saturated carbocycles. The van der Waals surface area contributed by atoms with E-state index in [9.17, 15) is 0 Å². The van der Waals surface area contributed by atoms with Crippen LogP contribution in [0.5, 0.6) is 0 Å². The smallest absolute Gasteiger partial charge is 0.209 e. The predicted octanol–water partition coefficient (Wildman–Crippen LogP) is 4.18. The predicted molar refractivity (Wildman–Crippen MR) is 105 cm³/mol. The monoisotopic (exact) mass is 366 g/mol. The molecule has 1 saturated heterocycles.